The van der Waals surface area contributed by atoms with Gasteiger partial charge in [0.25, 0.3) is 0 Å². The fraction of sp³-hybridized carbons (Fsp3) is 0.455. The van der Waals surface area contributed by atoms with E-state index in [4.69, 9.17) is 14.6 Å². The van der Waals surface area contributed by atoms with Gasteiger partial charge in [-0.15, -0.1) is 0 Å². The average Bonchev–Trinajstić information content (AvgIpc) is 2.36. The lowest BCUT2D eigenvalue weighted by atomic mass is 10.5. The third-order valence-electron chi connectivity index (χ3n) is 1.84. The van der Waals surface area contributed by atoms with Gasteiger partial charge in [-0.05, 0) is 0 Å². The zero-order valence-corrected chi connectivity index (χ0v) is 9.63. The van der Waals surface area contributed by atoms with Crippen molar-refractivity contribution in [1.82, 2.24) is 4.90 Å². The van der Waals surface area contributed by atoms with E-state index >= 15 is 0 Å². The highest BCUT2D eigenvalue weighted by Crippen LogP contribution is 1.89. The van der Waals surface area contributed by atoms with Crippen LogP contribution in [0.2, 0.25) is 0 Å². The molecule has 0 aliphatic carbocycles. The second-order valence-electron chi connectivity index (χ2n) is 3.00. The molecule has 0 fully saturated rings. The summed E-state index contributed by atoms with van der Waals surface area (Å²) in [5.41, 5.74) is 0. The van der Waals surface area contributed by atoms with Crippen molar-refractivity contribution >= 4 is 11.9 Å². The summed E-state index contributed by atoms with van der Waals surface area (Å²) in [6.07, 6.45) is 2.13. The van der Waals surface area contributed by atoms with Gasteiger partial charge in [0.1, 0.15) is 13.2 Å². The minimum atomic E-state index is -0.513. The van der Waals surface area contributed by atoms with Crippen LogP contribution >= 0.6 is 0 Å². The molecule has 0 rings (SSSR count). The molecule has 0 aliphatic rings. The Morgan fingerprint density at radius 2 is 1.47 bits per heavy atom. The molecule has 0 aromatic heterocycles. The number of ether oxygens (including phenoxy) is 2. The summed E-state index contributed by atoms with van der Waals surface area (Å²) in [5, 5.41) is 8.98. The number of aliphatic hydroxyl groups is 1. The van der Waals surface area contributed by atoms with Crippen LogP contribution in [0.4, 0.5) is 0 Å². The van der Waals surface area contributed by atoms with Crippen LogP contribution in [0.5, 0.6) is 0 Å². The van der Waals surface area contributed by atoms with Crippen molar-refractivity contribution in [2.45, 2.75) is 0 Å². The highest BCUT2D eigenvalue weighted by Gasteiger charge is 2.05. The lowest BCUT2D eigenvalue weighted by molar-refractivity contribution is -0.139. The topological polar surface area (TPSA) is 76.1 Å². The Morgan fingerprint density at radius 3 is 1.76 bits per heavy atom. The van der Waals surface area contributed by atoms with Crippen LogP contribution < -0.4 is 0 Å². The second kappa shape index (κ2) is 9.56. The molecule has 0 spiro atoms. The fourth-order valence-electron chi connectivity index (χ4n) is 0.922. The molecule has 0 aromatic rings. The maximum absolute atomic E-state index is 10.7. The molecular weight excluding hydrogens is 226 g/mol. The maximum Gasteiger partial charge on any atom is 0.330 e. The van der Waals surface area contributed by atoms with Crippen molar-refractivity contribution in [2.75, 3.05) is 33.0 Å². The van der Waals surface area contributed by atoms with Crippen LogP contribution in [0.25, 0.3) is 0 Å². The number of nitrogens with zero attached hydrogens (tertiary/aromatic N) is 1. The summed E-state index contributed by atoms with van der Waals surface area (Å²) in [6, 6.07) is 0. The molecule has 6 heteroatoms. The van der Waals surface area contributed by atoms with E-state index in [1.165, 1.54) is 0 Å². The number of rotatable bonds is 9. The molecule has 0 aromatic carbocycles. The molecule has 0 heterocycles. The minimum Gasteiger partial charge on any atom is -0.461 e. The van der Waals surface area contributed by atoms with Crippen molar-refractivity contribution < 1.29 is 24.2 Å². The Morgan fingerprint density at radius 1 is 1.06 bits per heavy atom. The van der Waals surface area contributed by atoms with Crippen LogP contribution in [-0.2, 0) is 19.1 Å². The van der Waals surface area contributed by atoms with Crippen molar-refractivity contribution in [2.24, 2.45) is 0 Å². The van der Waals surface area contributed by atoms with Gasteiger partial charge in [0, 0.05) is 25.2 Å². The first-order valence-corrected chi connectivity index (χ1v) is 5.05. The number of aliphatic hydroxyl groups excluding tert-OH is 1. The molecule has 6 nitrogen and oxygen atoms in total. The van der Waals surface area contributed by atoms with Gasteiger partial charge in [-0.3, -0.25) is 4.90 Å². The first-order valence-electron chi connectivity index (χ1n) is 5.05. The van der Waals surface area contributed by atoms with E-state index in [1.807, 2.05) is 0 Å². The van der Waals surface area contributed by atoms with E-state index in [-0.39, 0.29) is 19.9 Å². The number of hydrogen-bond donors (Lipinski definition) is 1. The molecule has 0 saturated carbocycles. The van der Waals surface area contributed by atoms with Crippen LogP contribution in [0.15, 0.2) is 25.3 Å². The Balaban J connectivity index is 3.69. The summed E-state index contributed by atoms with van der Waals surface area (Å²) in [7, 11) is 0. The monoisotopic (exact) mass is 243 g/mol. The first kappa shape index (κ1) is 15.3. The first-order chi connectivity index (χ1) is 8.13. The third kappa shape index (κ3) is 8.18. The molecule has 0 unspecified atom stereocenters. The lowest BCUT2D eigenvalue weighted by Crippen LogP contribution is -2.32. The predicted molar refractivity (Wildman–Crippen MR) is 61.0 cm³/mol. The summed E-state index contributed by atoms with van der Waals surface area (Å²) in [4.78, 5) is 23.0. The van der Waals surface area contributed by atoms with Gasteiger partial charge in [-0.1, -0.05) is 13.2 Å². The van der Waals surface area contributed by atoms with Crippen LogP contribution in [0, 0.1) is 0 Å². The quantitative estimate of drug-likeness (QED) is 0.340. The molecule has 0 radical (unpaired) electrons. The highest BCUT2D eigenvalue weighted by atomic mass is 16.5. The molecule has 0 saturated heterocycles. The zero-order chi connectivity index (χ0) is 13.1. The van der Waals surface area contributed by atoms with E-state index in [0.29, 0.717) is 13.1 Å². The smallest absolute Gasteiger partial charge is 0.330 e. The van der Waals surface area contributed by atoms with Gasteiger partial charge in [-0.25, -0.2) is 9.59 Å². The van der Waals surface area contributed by atoms with Gasteiger partial charge in [-0.2, -0.15) is 0 Å². The van der Waals surface area contributed by atoms with Gasteiger partial charge in [0.05, 0.1) is 6.73 Å². The largest absolute Gasteiger partial charge is 0.461 e. The van der Waals surface area contributed by atoms with Crippen LogP contribution in [-0.4, -0.2) is 55.0 Å². The van der Waals surface area contributed by atoms with Gasteiger partial charge in [0.15, 0.2) is 0 Å². The third-order valence-corrected chi connectivity index (χ3v) is 1.84. The van der Waals surface area contributed by atoms with Gasteiger partial charge >= 0.3 is 11.9 Å². The van der Waals surface area contributed by atoms with Crippen LogP contribution in [0.3, 0.4) is 0 Å². The summed E-state index contributed by atoms with van der Waals surface area (Å²) < 4.78 is 9.48. The van der Waals surface area contributed by atoms with Crippen molar-refractivity contribution in [3.63, 3.8) is 0 Å². The summed E-state index contributed by atoms with van der Waals surface area (Å²) >= 11 is 0. The summed E-state index contributed by atoms with van der Waals surface area (Å²) in [6.45, 7) is 7.27. The van der Waals surface area contributed by atoms with Crippen molar-refractivity contribution in [3.8, 4) is 0 Å². The standard InChI is InChI=1S/C11H17NO5/c1-3-10(14)16-7-5-12(9-13)6-8-17-11(15)4-2/h3-4,13H,1-2,5-9H2. The SMILES string of the molecule is C=CC(=O)OCCN(CO)CCOC(=O)C=C. The average molecular weight is 243 g/mol. The van der Waals surface area contributed by atoms with E-state index in [2.05, 4.69) is 13.2 Å². The summed E-state index contributed by atoms with van der Waals surface area (Å²) in [5.74, 6) is -1.03. The van der Waals surface area contributed by atoms with Gasteiger partial charge < -0.3 is 14.6 Å². The van der Waals surface area contributed by atoms with Crippen molar-refractivity contribution in [1.29, 1.82) is 0 Å². The Bertz CT molecular complexity index is 251. The molecule has 0 aliphatic heterocycles. The Kier molecular flexibility index (Phi) is 8.62. The molecule has 0 bridgehead atoms. The Labute approximate surface area is 100 Å². The molecule has 96 valence electrons. The number of esters is 2. The second-order valence-corrected chi connectivity index (χ2v) is 3.00. The highest BCUT2D eigenvalue weighted by molar-refractivity contribution is 5.81. The van der Waals surface area contributed by atoms with Crippen LogP contribution in [0.1, 0.15) is 0 Å². The molecular formula is C11H17NO5. The fourth-order valence-corrected chi connectivity index (χ4v) is 0.922. The maximum atomic E-state index is 10.7. The van der Waals surface area contributed by atoms with E-state index in [9.17, 15) is 9.59 Å². The van der Waals surface area contributed by atoms with Crippen molar-refractivity contribution in [3.05, 3.63) is 25.3 Å². The zero-order valence-electron chi connectivity index (χ0n) is 9.63. The predicted octanol–water partition coefficient (Wildman–Crippen LogP) is -0.303. The lowest BCUT2D eigenvalue weighted by Gasteiger charge is -2.18. The Hall–Kier alpha value is -1.66. The number of carbonyl (C=O) groups excluding carboxylic acids is 2. The molecule has 0 atom stereocenters. The number of hydrogen-bond acceptors (Lipinski definition) is 6. The number of carbonyl (C=O) groups is 2. The normalized spacial score (nSPS) is 9.76. The molecule has 0 amide bonds. The minimum absolute atomic E-state index is 0.140. The van der Waals surface area contributed by atoms with E-state index in [1.54, 1.807) is 4.90 Å². The van der Waals surface area contributed by atoms with Gasteiger partial charge in [0.2, 0.25) is 0 Å². The van der Waals surface area contributed by atoms with E-state index in [0.717, 1.165) is 12.2 Å². The molecule has 1 N–H and O–H groups in total. The van der Waals surface area contributed by atoms with E-state index < -0.39 is 11.9 Å². The molecule has 17 heavy (non-hydrogen) atoms.